The van der Waals surface area contributed by atoms with Crippen molar-refractivity contribution in [2.75, 3.05) is 5.75 Å². The number of carbonyl (C=O) groups is 1. The summed E-state index contributed by atoms with van der Waals surface area (Å²) >= 11 is 1.34. The van der Waals surface area contributed by atoms with E-state index in [1.165, 1.54) is 17.3 Å². The number of hydrogen-bond acceptors (Lipinski definition) is 5. The van der Waals surface area contributed by atoms with Gasteiger partial charge in [0.25, 0.3) is 5.91 Å². The van der Waals surface area contributed by atoms with Gasteiger partial charge < -0.3 is 9.72 Å². The highest BCUT2D eigenvalue weighted by Crippen LogP contribution is 2.19. The van der Waals surface area contributed by atoms with Gasteiger partial charge in [-0.2, -0.15) is 5.10 Å². The number of H-pyrrole nitrogens is 1. The maximum absolute atomic E-state index is 12.0. The third kappa shape index (κ3) is 5.96. The molecule has 0 saturated carbocycles. The molecule has 7 heteroatoms. The van der Waals surface area contributed by atoms with Crippen LogP contribution in [0.15, 0.2) is 83.1 Å². The van der Waals surface area contributed by atoms with Gasteiger partial charge in [0.2, 0.25) is 0 Å². The van der Waals surface area contributed by atoms with Crippen LogP contribution >= 0.6 is 11.8 Å². The summed E-state index contributed by atoms with van der Waals surface area (Å²) in [6, 6.07) is 23.6. The number of aryl methyl sites for hydroxylation is 1. The highest BCUT2D eigenvalue weighted by molar-refractivity contribution is 7.99. The molecule has 2 N–H and O–H groups in total. The number of thioether (sulfide) groups is 1. The van der Waals surface area contributed by atoms with Gasteiger partial charge in [-0.15, -0.1) is 0 Å². The van der Waals surface area contributed by atoms with Gasteiger partial charge in [0, 0.05) is 0 Å². The minimum Gasteiger partial charge on any atom is -0.489 e. The maximum atomic E-state index is 12.0. The van der Waals surface area contributed by atoms with Crippen molar-refractivity contribution in [3.05, 3.63) is 89.5 Å². The van der Waals surface area contributed by atoms with Crippen LogP contribution < -0.4 is 10.2 Å². The quantitative estimate of drug-likeness (QED) is 0.241. The minimum absolute atomic E-state index is 0.195. The summed E-state index contributed by atoms with van der Waals surface area (Å²) in [7, 11) is 0. The third-order valence-electron chi connectivity index (χ3n) is 4.48. The second kappa shape index (κ2) is 9.95. The fourth-order valence-electron chi connectivity index (χ4n) is 2.96. The molecule has 0 saturated heterocycles. The number of fused-ring (bicyclic) bond motifs is 1. The van der Waals surface area contributed by atoms with Crippen LogP contribution in [-0.2, 0) is 11.4 Å². The molecule has 31 heavy (non-hydrogen) atoms. The van der Waals surface area contributed by atoms with Crippen molar-refractivity contribution in [1.82, 2.24) is 15.4 Å². The summed E-state index contributed by atoms with van der Waals surface area (Å²) in [6.07, 6.45) is 1.61. The molecule has 1 aromatic heterocycles. The van der Waals surface area contributed by atoms with E-state index >= 15 is 0 Å². The van der Waals surface area contributed by atoms with Crippen LogP contribution in [0.4, 0.5) is 0 Å². The van der Waals surface area contributed by atoms with E-state index in [0.29, 0.717) is 11.8 Å². The van der Waals surface area contributed by atoms with Crippen LogP contribution in [-0.4, -0.2) is 27.8 Å². The van der Waals surface area contributed by atoms with Gasteiger partial charge in [0.1, 0.15) is 12.4 Å². The highest BCUT2D eigenvalue weighted by atomic mass is 32.2. The first-order valence-corrected chi connectivity index (χ1v) is 10.8. The molecule has 1 heterocycles. The fourth-order valence-corrected chi connectivity index (χ4v) is 3.64. The van der Waals surface area contributed by atoms with Gasteiger partial charge in [-0.1, -0.05) is 53.7 Å². The molecule has 0 radical (unpaired) electrons. The number of ether oxygens (including phenoxy) is 1. The summed E-state index contributed by atoms with van der Waals surface area (Å²) in [5, 5.41) is 4.73. The molecular formula is C24H22N4O2S. The van der Waals surface area contributed by atoms with Crippen LogP contribution in [0.25, 0.3) is 11.0 Å². The van der Waals surface area contributed by atoms with Gasteiger partial charge in [0.05, 0.1) is 23.0 Å². The number of amides is 1. The van der Waals surface area contributed by atoms with E-state index in [-0.39, 0.29) is 11.7 Å². The van der Waals surface area contributed by atoms with Crippen molar-refractivity contribution in [2.45, 2.75) is 18.7 Å². The lowest BCUT2D eigenvalue weighted by molar-refractivity contribution is -0.118. The predicted molar refractivity (Wildman–Crippen MR) is 125 cm³/mol. The predicted octanol–water partition coefficient (Wildman–Crippen LogP) is 4.69. The Kier molecular flexibility index (Phi) is 6.64. The molecular weight excluding hydrogens is 408 g/mol. The molecule has 156 valence electrons. The Morgan fingerprint density at radius 2 is 1.97 bits per heavy atom. The lowest BCUT2D eigenvalue weighted by atomic mass is 10.1. The number of hydrazone groups is 1. The Balaban J connectivity index is 1.22. The number of imidazole rings is 1. The summed E-state index contributed by atoms with van der Waals surface area (Å²) < 4.78 is 5.81. The van der Waals surface area contributed by atoms with E-state index < -0.39 is 0 Å². The van der Waals surface area contributed by atoms with Gasteiger partial charge in [-0.3, -0.25) is 4.79 Å². The summed E-state index contributed by atoms with van der Waals surface area (Å²) in [5.74, 6) is 0.813. The number of nitrogens with one attached hydrogen (secondary N) is 2. The van der Waals surface area contributed by atoms with Crippen molar-refractivity contribution >= 4 is 34.9 Å². The number of hydrogen-bond donors (Lipinski definition) is 2. The zero-order chi connectivity index (χ0) is 21.5. The van der Waals surface area contributed by atoms with Crippen molar-refractivity contribution in [3.8, 4) is 5.75 Å². The molecule has 0 aliphatic carbocycles. The molecule has 0 aliphatic rings. The summed E-state index contributed by atoms with van der Waals surface area (Å²) in [4.78, 5) is 19.6. The Morgan fingerprint density at radius 1 is 1.13 bits per heavy atom. The van der Waals surface area contributed by atoms with E-state index in [9.17, 15) is 4.79 Å². The minimum atomic E-state index is -0.195. The molecule has 6 nitrogen and oxygen atoms in total. The van der Waals surface area contributed by atoms with Crippen LogP contribution in [0.1, 0.15) is 16.7 Å². The average Bonchev–Trinajstić information content (AvgIpc) is 3.20. The van der Waals surface area contributed by atoms with E-state index in [1.807, 2.05) is 60.7 Å². The van der Waals surface area contributed by atoms with Crippen molar-refractivity contribution < 1.29 is 9.53 Å². The molecule has 4 rings (SSSR count). The van der Waals surface area contributed by atoms with Crippen LogP contribution in [0.2, 0.25) is 0 Å². The lowest BCUT2D eigenvalue weighted by Crippen LogP contribution is -2.19. The van der Waals surface area contributed by atoms with E-state index in [4.69, 9.17) is 4.74 Å². The standard InChI is InChI=1S/C24H22N4O2S/c1-17-5-4-6-19(13-17)15-30-20-11-9-18(10-12-20)14-25-28-23(29)16-31-24-26-21-7-2-3-8-22(21)27-24/h2-14H,15-16H2,1H3,(H,26,27)(H,28,29)/b25-14+. The lowest BCUT2D eigenvalue weighted by Gasteiger charge is -2.07. The van der Waals surface area contributed by atoms with Gasteiger partial charge in [-0.05, 0) is 54.4 Å². The SMILES string of the molecule is Cc1cccc(COc2ccc(/C=N/NC(=O)CSc3nc4ccccc4[nH]3)cc2)c1. The van der Waals surface area contributed by atoms with Crippen molar-refractivity contribution in [3.63, 3.8) is 0 Å². The Labute approximate surface area is 184 Å². The first-order valence-electron chi connectivity index (χ1n) is 9.83. The number of rotatable bonds is 8. The molecule has 0 spiro atoms. The van der Waals surface area contributed by atoms with Crippen LogP contribution in [0, 0.1) is 6.92 Å². The van der Waals surface area contributed by atoms with E-state index in [0.717, 1.165) is 27.9 Å². The number of aromatic amines is 1. The zero-order valence-corrected chi connectivity index (χ0v) is 17.9. The average molecular weight is 431 g/mol. The van der Waals surface area contributed by atoms with Gasteiger partial charge >= 0.3 is 0 Å². The van der Waals surface area contributed by atoms with Gasteiger partial charge in [-0.25, -0.2) is 10.4 Å². The molecule has 0 aliphatic heterocycles. The molecule has 0 unspecified atom stereocenters. The third-order valence-corrected chi connectivity index (χ3v) is 5.35. The molecule has 0 bridgehead atoms. The zero-order valence-electron chi connectivity index (χ0n) is 17.0. The summed E-state index contributed by atoms with van der Waals surface area (Å²) in [6.45, 7) is 2.59. The highest BCUT2D eigenvalue weighted by Gasteiger charge is 2.06. The largest absolute Gasteiger partial charge is 0.489 e. The number of aromatic nitrogens is 2. The molecule has 0 atom stereocenters. The Morgan fingerprint density at radius 3 is 2.77 bits per heavy atom. The normalized spacial score (nSPS) is 11.1. The number of carbonyl (C=O) groups excluding carboxylic acids is 1. The van der Waals surface area contributed by atoms with E-state index in [2.05, 4.69) is 39.6 Å². The van der Waals surface area contributed by atoms with Crippen LogP contribution in [0.3, 0.4) is 0 Å². The molecule has 3 aromatic carbocycles. The number of para-hydroxylation sites is 2. The number of benzene rings is 3. The monoisotopic (exact) mass is 430 g/mol. The maximum Gasteiger partial charge on any atom is 0.250 e. The van der Waals surface area contributed by atoms with Crippen molar-refractivity contribution in [2.24, 2.45) is 5.10 Å². The summed E-state index contributed by atoms with van der Waals surface area (Å²) in [5.41, 5.74) is 7.59. The molecule has 1 amide bonds. The van der Waals surface area contributed by atoms with E-state index in [1.54, 1.807) is 6.21 Å². The molecule has 4 aromatic rings. The Bertz CT molecular complexity index is 1170. The van der Waals surface area contributed by atoms with Crippen molar-refractivity contribution in [1.29, 1.82) is 0 Å². The van der Waals surface area contributed by atoms with Gasteiger partial charge in [0.15, 0.2) is 5.16 Å². The molecule has 0 fully saturated rings. The topological polar surface area (TPSA) is 79.4 Å². The first-order chi connectivity index (χ1) is 15.2. The van der Waals surface area contributed by atoms with Crippen LogP contribution in [0.5, 0.6) is 5.75 Å². The fraction of sp³-hybridized carbons (Fsp3) is 0.125. The number of nitrogens with zero attached hydrogens (tertiary/aromatic N) is 2. The smallest absolute Gasteiger partial charge is 0.250 e. The second-order valence-corrected chi connectivity index (χ2v) is 7.95. The second-order valence-electron chi connectivity index (χ2n) is 6.99. The first kappa shape index (κ1) is 20.7. The Hall–Kier alpha value is -3.58.